The molecule has 0 unspecified atom stereocenters. The Hall–Kier alpha value is -1.26. The third-order valence-corrected chi connectivity index (χ3v) is 6.24. The van der Waals surface area contributed by atoms with Gasteiger partial charge in [0.1, 0.15) is 12.4 Å². The first-order valence-corrected chi connectivity index (χ1v) is 9.59. The topological polar surface area (TPSA) is 44.7 Å². The number of aliphatic hydroxyl groups is 1. The number of nitrogens with zero attached hydrogens (tertiary/aromatic N) is 1. The summed E-state index contributed by atoms with van der Waals surface area (Å²) < 4.78 is 5.63. The van der Waals surface area contributed by atoms with Gasteiger partial charge in [0.05, 0.1) is 6.61 Å². The zero-order valence-electron chi connectivity index (χ0n) is 14.8. The standard InChI is InChI=1S/C20H30N2O2/c1-15-13-16(7-8-19(15)24-12-11-23)22-14-20(9-4-10-20)21-17-5-2-3-6-18(17)22/h7-8,13,17-18,21,23H,2-6,9-12,14H2,1H3/t17-,18-/m0/s1. The molecule has 2 saturated carbocycles. The fourth-order valence-electron chi connectivity index (χ4n) is 4.85. The fraction of sp³-hybridized carbons (Fsp3) is 0.700. The second-order valence-corrected chi connectivity index (χ2v) is 7.89. The molecule has 3 aliphatic rings. The summed E-state index contributed by atoms with van der Waals surface area (Å²) in [6, 6.07) is 7.85. The number of hydrogen-bond donors (Lipinski definition) is 2. The Balaban J connectivity index is 1.59. The highest BCUT2D eigenvalue weighted by Crippen LogP contribution is 2.42. The van der Waals surface area contributed by atoms with Crippen molar-refractivity contribution in [2.45, 2.75) is 69.5 Å². The van der Waals surface area contributed by atoms with Gasteiger partial charge in [0.2, 0.25) is 0 Å². The molecule has 0 bridgehead atoms. The van der Waals surface area contributed by atoms with Crippen LogP contribution < -0.4 is 15.0 Å². The minimum atomic E-state index is 0.0608. The summed E-state index contributed by atoms with van der Waals surface area (Å²) in [5.41, 5.74) is 2.86. The minimum Gasteiger partial charge on any atom is -0.491 e. The van der Waals surface area contributed by atoms with E-state index in [1.807, 2.05) is 0 Å². The second-order valence-electron chi connectivity index (χ2n) is 7.89. The molecule has 1 aromatic carbocycles. The smallest absolute Gasteiger partial charge is 0.122 e. The number of ether oxygens (including phenoxy) is 1. The molecule has 1 aliphatic heterocycles. The lowest BCUT2D eigenvalue weighted by atomic mass is 9.71. The van der Waals surface area contributed by atoms with Crippen molar-refractivity contribution >= 4 is 5.69 Å². The number of anilines is 1. The molecule has 0 radical (unpaired) electrons. The van der Waals surface area contributed by atoms with Gasteiger partial charge in [-0.1, -0.05) is 12.8 Å². The van der Waals surface area contributed by atoms with Crippen LogP contribution in [0.25, 0.3) is 0 Å². The van der Waals surface area contributed by atoms with Crippen molar-refractivity contribution in [1.29, 1.82) is 0 Å². The van der Waals surface area contributed by atoms with E-state index in [1.54, 1.807) is 0 Å². The van der Waals surface area contributed by atoms with E-state index in [2.05, 4.69) is 35.3 Å². The van der Waals surface area contributed by atoms with E-state index in [-0.39, 0.29) is 6.61 Å². The summed E-state index contributed by atoms with van der Waals surface area (Å²) in [6.45, 7) is 3.67. The monoisotopic (exact) mass is 330 g/mol. The number of rotatable bonds is 4. The molecule has 2 N–H and O–H groups in total. The van der Waals surface area contributed by atoms with Crippen LogP contribution >= 0.6 is 0 Å². The van der Waals surface area contributed by atoms with E-state index in [0.29, 0.717) is 24.2 Å². The van der Waals surface area contributed by atoms with Crippen molar-refractivity contribution in [2.75, 3.05) is 24.7 Å². The summed E-state index contributed by atoms with van der Waals surface area (Å²) in [7, 11) is 0. The van der Waals surface area contributed by atoms with Gasteiger partial charge < -0.3 is 20.1 Å². The highest BCUT2D eigenvalue weighted by atomic mass is 16.5. The van der Waals surface area contributed by atoms with Crippen LogP contribution in [0, 0.1) is 6.92 Å². The van der Waals surface area contributed by atoms with E-state index < -0.39 is 0 Å². The van der Waals surface area contributed by atoms with Crippen molar-refractivity contribution in [3.05, 3.63) is 23.8 Å². The van der Waals surface area contributed by atoms with Crippen molar-refractivity contribution in [2.24, 2.45) is 0 Å². The van der Waals surface area contributed by atoms with Gasteiger partial charge in [0.25, 0.3) is 0 Å². The Kier molecular flexibility index (Phi) is 4.44. The molecular weight excluding hydrogens is 300 g/mol. The molecule has 0 amide bonds. The minimum absolute atomic E-state index is 0.0608. The predicted molar refractivity (Wildman–Crippen MR) is 96.9 cm³/mol. The highest BCUT2D eigenvalue weighted by molar-refractivity contribution is 5.55. The van der Waals surface area contributed by atoms with Crippen LogP contribution in [-0.4, -0.2) is 42.5 Å². The Morgan fingerprint density at radius 2 is 2.08 bits per heavy atom. The zero-order chi connectivity index (χ0) is 16.6. The average Bonchev–Trinajstić information content (AvgIpc) is 2.58. The molecule has 3 fully saturated rings. The van der Waals surface area contributed by atoms with Gasteiger partial charge in [-0.15, -0.1) is 0 Å². The Bertz CT molecular complexity index is 585. The van der Waals surface area contributed by atoms with Crippen LogP contribution in [-0.2, 0) is 0 Å². The van der Waals surface area contributed by atoms with Gasteiger partial charge in [0, 0.05) is 29.9 Å². The average molecular weight is 330 g/mol. The predicted octanol–water partition coefficient (Wildman–Crippen LogP) is 3.01. The van der Waals surface area contributed by atoms with Gasteiger partial charge in [-0.05, 0) is 62.8 Å². The van der Waals surface area contributed by atoms with Crippen molar-refractivity contribution in [3.8, 4) is 5.75 Å². The maximum atomic E-state index is 8.96. The van der Waals surface area contributed by atoms with E-state index in [9.17, 15) is 0 Å². The Morgan fingerprint density at radius 3 is 2.79 bits per heavy atom. The molecule has 1 heterocycles. The largest absolute Gasteiger partial charge is 0.491 e. The van der Waals surface area contributed by atoms with Crippen LogP contribution in [0.5, 0.6) is 5.75 Å². The summed E-state index contributed by atoms with van der Waals surface area (Å²) >= 11 is 0. The van der Waals surface area contributed by atoms with Crippen molar-refractivity contribution in [1.82, 2.24) is 5.32 Å². The molecule has 2 atom stereocenters. The molecule has 24 heavy (non-hydrogen) atoms. The maximum Gasteiger partial charge on any atom is 0.122 e. The number of nitrogens with one attached hydrogen (secondary N) is 1. The van der Waals surface area contributed by atoms with Crippen LogP contribution in [0.15, 0.2) is 18.2 Å². The quantitative estimate of drug-likeness (QED) is 0.891. The third-order valence-electron chi connectivity index (χ3n) is 6.24. The lowest BCUT2D eigenvalue weighted by Crippen LogP contribution is -2.72. The van der Waals surface area contributed by atoms with Crippen LogP contribution in [0.4, 0.5) is 5.69 Å². The van der Waals surface area contributed by atoms with Crippen LogP contribution in [0.3, 0.4) is 0 Å². The molecule has 132 valence electrons. The van der Waals surface area contributed by atoms with Crippen molar-refractivity contribution < 1.29 is 9.84 Å². The third kappa shape index (κ3) is 2.91. The lowest BCUT2D eigenvalue weighted by Gasteiger charge is -2.58. The van der Waals surface area contributed by atoms with Crippen LogP contribution in [0.1, 0.15) is 50.5 Å². The molecule has 0 aromatic heterocycles. The van der Waals surface area contributed by atoms with E-state index in [0.717, 1.165) is 17.9 Å². The highest BCUT2D eigenvalue weighted by Gasteiger charge is 2.48. The number of hydrogen-bond acceptors (Lipinski definition) is 4. The SMILES string of the molecule is Cc1cc(N2CC3(CCC3)N[C@H]3CCCC[C@@H]32)ccc1OCCO. The van der Waals surface area contributed by atoms with E-state index in [1.165, 1.54) is 50.6 Å². The first kappa shape index (κ1) is 16.2. The van der Waals surface area contributed by atoms with Gasteiger partial charge >= 0.3 is 0 Å². The molecule has 1 saturated heterocycles. The zero-order valence-corrected chi connectivity index (χ0v) is 14.8. The molecule has 4 rings (SSSR count). The summed E-state index contributed by atoms with van der Waals surface area (Å²) in [5.74, 6) is 0.890. The van der Waals surface area contributed by atoms with Crippen molar-refractivity contribution in [3.63, 3.8) is 0 Å². The van der Waals surface area contributed by atoms with Crippen LogP contribution in [0.2, 0.25) is 0 Å². The fourth-order valence-corrected chi connectivity index (χ4v) is 4.85. The summed E-state index contributed by atoms with van der Waals surface area (Å²) in [4.78, 5) is 2.68. The molecule has 4 nitrogen and oxygen atoms in total. The Labute approximate surface area is 145 Å². The second kappa shape index (κ2) is 6.57. The van der Waals surface area contributed by atoms with Gasteiger partial charge in [0.15, 0.2) is 0 Å². The van der Waals surface area contributed by atoms with Gasteiger partial charge in [-0.25, -0.2) is 0 Å². The number of fused-ring (bicyclic) bond motifs is 1. The number of aryl methyl sites for hydroxylation is 1. The molecule has 2 aliphatic carbocycles. The summed E-state index contributed by atoms with van der Waals surface area (Å²) in [6.07, 6.45) is 9.35. The lowest BCUT2D eigenvalue weighted by molar-refractivity contribution is 0.105. The Morgan fingerprint density at radius 1 is 1.25 bits per heavy atom. The van der Waals surface area contributed by atoms with E-state index >= 15 is 0 Å². The first-order chi connectivity index (χ1) is 11.7. The molecular formula is C20H30N2O2. The molecule has 1 aromatic rings. The van der Waals surface area contributed by atoms with Gasteiger partial charge in [-0.2, -0.15) is 0 Å². The normalized spacial score (nSPS) is 28.3. The number of aliphatic hydroxyl groups excluding tert-OH is 1. The molecule has 1 spiro atoms. The molecule has 4 heteroatoms. The van der Waals surface area contributed by atoms with E-state index in [4.69, 9.17) is 9.84 Å². The maximum absolute atomic E-state index is 8.96. The number of piperazine rings is 1. The van der Waals surface area contributed by atoms with Gasteiger partial charge in [-0.3, -0.25) is 0 Å². The first-order valence-electron chi connectivity index (χ1n) is 9.59. The number of benzene rings is 1. The summed E-state index contributed by atoms with van der Waals surface area (Å²) in [5, 5.41) is 13.0.